The number of alkyl halides is 3. The Morgan fingerprint density at radius 3 is 2.50 bits per heavy atom. The first-order valence-corrected chi connectivity index (χ1v) is 7.86. The molecule has 1 fully saturated rings. The number of sulfone groups is 1. The van der Waals surface area contributed by atoms with Crippen LogP contribution in [0, 0.1) is 0 Å². The lowest BCUT2D eigenvalue weighted by molar-refractivity contribution is -0.192. The molecule has 2 N–H and O–H groups in total. The summed E-state index contributed by atoms with van der Waals surface area (Å²) in [4.78, 5) is 12.9. The van der Waals surface area contributed by atoms with Crippen molar-refractivity contribution in [2.24, 2.45) is 0 Å². The highest BCUT2D eigenvalue weighted by molar-refractivity contribution is 7.91. The predicted octanol–water partition coefficient (Wildman–Crippen LogP) is 0.836. The lowest BCUT2D eigenvalue weighted by atomic mass is 10.4. The molecular weight excluding hydrogens is 321 g/mol. The molecule has 0 radical (unpaired) electrons. The van der Waals surface area contributed by atoms with E-state index in [1.807, 2.05) is 0 Å². The van der Waals surface area contributed by atoms with Gasteiger partial charge in [0.2, 0.25) is 0 Å². The lowest BCUT2D eigenvalue weighted by Crippen LogP contribution is -2.38. The van der Waals surface area contributed by atoms with Gasteiger partial charge in [-0.05, 0) is 0 Å². The van der Waals surface area contributed by atoms with Crippen LogP contribution in [0.25, 0.3) is 0 Å². The standard InChI is InChI=1S/C7H10N2O2S2.C2HF3O2/c10-13(11)4-2-8-5-6(13)7-9-1-3-12-7;3-2(4,5)1(6)7/h1,3,6,8H,2,4-5H2;(H,6,7). The zero-order chi connectivity index (χ0) is 15.4. The first-order chi connectivity index (χ1) is 9.14. The van der Waals surface area contributed by atoms with Gasteiger partial charge in [-0.15, -0.1) is 11.3 Å². The maximum atomic E-state index is 11.6. The SMILES string of the molecule is O=C(O)C(F)(F)F.O=S1(=O)CCNCC1c1nccs1. The highest BCUT2D eigenvalue weighted by atomic mass is 32.2. The molecule has 0 aliphatic carbocycles. The van der Waals surface area contributed by atoms with Gasteiger partial charge in [-0.25, -0.2) is 18.2 Å². The fourth-order valence-electron chi connectivity index (χ4n) is 1.35. The molecule has 1 unspecified atom stereocenters. The number of carboxylic acids is 1. The van der Waals surface area contributed by atoms with Crippen molar-refractivity contribution in [1.29, 1.82) is 0 Å². The van der Waals surface area contributed by atoms with Crippen LogP contribution in [0.2, 0.25) is 0 Å². The van der Waals surface area contributed by atoms with Gasteiger partial charge in [-0.1, -0.05) is 0 Å². The second kappa shape index (κ2) is 6.50. The summed E-state index contributed by atoms with van der Waals surface area (Å²) >= 11 is 1.40. The van der Waals surface area contributed by atoms with Crippen LogP contribution in [0.4, 0.5) is 13.2 Å². The number of thiazole rings is 1. The molecule has 1 saturated heterocycles. The van der Waals surface area contributed by atoms with Crippen LogP contribution in [0.1, 0.15) is 10.3 Å². The number of nitrogens with zero attached hydrogens (tertiary/aromatic N) is 1. The van der Waals surface area contributed by atoms with Crippen LogP contribution >= 0.6 is 11.3 Å². The molecule has 1 aromatic rings. The zero-order valence-electron chi connectivity index (χ0n) is 9.92. The van der Waals surface area contributed by atoms with Gasteiger partial charge in [0.15, 0.2) is 9.84 Å². The summed E-state index contributed by atoms with van der Waals surface area (Å²) in [6.45, 7) is 1.06. The second-order valence-electron chi connectivity index (χ2n) is 3.73. The Hall–Kier alpha value is -1.20. The second-order valence-corrected chi connectivity index (χ2v) is 6.96. The number of carboxylic acid groups (broad SMARTS) is 1. The largest absolute Gasteiger partial charge is 0.490 e. The van der Waals surface area contributed by atoms with Crippen LogP contribution in [-0.2, 0) is 14.6 Å². The summed E-state index contributed by atoms with van der Waals surface area (Å²) < 4.78 is 54.9. The number of aliphatic carboxylic acids is 1. The number of nitrogens with one attached hydrogen (secondary N) is 1. The molecule has 1 aromatic heterocycles. The Bertz CT molecular complexity index is 542. The van der Waals surface area contributed by atoms with Gasteiger partial charge in [-0.3, -0.25) is 0 Å². The van der Waals surface area contributed by atoms with E-state index in [1.54, 1.807) is 11.6 Å². The van der Waals surface area contributed by atoms with E-state index in [0.29, 0.717) is 18.1 Å². The Morgan fingerprint density at radius 1 is 1.50 bits per heavy atom. The Morgan fingerprint density at radius 2 is 2.10 bits per heavy atom. The zero-order valence-corrected chi connectivity index (χ0v) is 11.6. The molecule has 1 aliphatic heterocycles. The molecule has 2 heterocycles. The van der Waals surface area contributed by atoms with Crippen molar-refractivity contribution in [2.45, 2.75) is 11.4 Å². The Kier molecular flexibility index (Phi) is 5.48. The fourth-order valence-corrected chi connectivity index (χ4v) is 4.03. The van der Waals surface area contributed by atoms with Crippen LogP contribution in [0.15, 0.2) is 11.6 Å². The van der Waals surface area contributed by atoms with E-state index < -0.39 is 27.2 Å². The van der Waals surface area contributed by atoms with E-state index >= 15 is 0 Å². The van der Waals surface area contributed by atoms with E-state index in [0.717, 1.165) is 0 Å². The average Bonchev–Trinajstić information content (AvgIpc) is 2.81. The van der Waals surface area contributed by atoms with Crippen molar-refractivity contribution in [1.82, 2.24) is 10.3 Å². The maximum absolute atomic E-state index is 11.6. The molecule has 0 bridgehead atoms. The third kappa shape index (κ3) is 4.72. The summed E-state index contributed by atoms with van der Waals surface area (Å²) in [7, 11) is -2.96. The molecule has 1 aliphatic rings. The first-order valence-electron chi connectivity index (χ1n) is 5.26. The number of carbonyl (C=O) groups is 1. The Balaban J connectivity index is 0.000000246. The number of aromatic nitrogens is 1. The molecule has 114 valence electrons. The van der Waals surface area contributed by atoms with Crippen molar-refractivity contribution >= 4 is 27.1 Å². The molecule has 0 amide bonds. The topological polar surface area (TPSA) is 96.4 Å². The normalized spacial score (nSPS) is 21.6. The summed E-state index contributed by atoms with van der Waals surface area (Å²) in [6, 6.07) is 0. The van der Waals surface area contributed by atoms with E-state index in [-0.39, 0.29) is 5.75 Å². The number of hydrogen-bond donors (Lipinski definition) is 2. The highest BCUT2D eigenvalue weighted by Crippen LogP contribution is 2.25. The first kappa shape index (κ1) is 16.9. The summed E-state index contributed by atoms with van der Waals surface area (Å²) in [6.07, 6.45) is -3.44. The van der Waals surface area contributed by atoms with Gasteiger partial charge >= 0.3 is 12.1 Å². The van der Waals surface area contributed by atoms with Gasteiger partial charge in [0.25, 0.3) is 0 Å². The molecule has 20 heavy (non-hydrogen) atoms. The van der Waals surface area contributed by atoms with Crippen LogP contribution < -0.4 is 5.32 Å². The van der Waals surface area contributed by atoms with Gasteiger partial charge in [-0.2, -0.15) is 13.2 Å². The monoisotopic (exact) mass is 332 g/mol. The average molecular weight is 332 g/mol. The molecule has 0 spiro atoms. The van der Waals surface area contributed by atoms with Gasteiger partial charge < -0.3 is 10.4 Å². The fraction of sp³-hybridized carbons (Fsp3) is 0.556. The van der Waals surface area contributed by atoms with E-state index in [4.69, 9.17) is 9.90 Å². The Labute approximate surface area is 116 Å². The maximum Gasteiger partial charge on any atom is 0.490 e. The van der Waals surface area contributed by atoms with Crippen molar-refractivity contribution in [3.63, 3.8) is 0 Å². The minimum Gasteiger partial charge on any atom is -0.475 e. The van der Waals surface area contributed by atoms with Crippen LogP contribution in [-0.4, -0.2) is 49.5 Å². The number of hydrogen-bond acceptors (Lipinski definition) is 6. The third-order valence-electron chi connectivity index (χ3n) is 2.30. The van der Waals surface area contributed by atoms with E-state index in [1.165, 1.54) is 11.3 Å². The van der Waals surface area contributed by atoms with Crippen LogP contribution in [0.5, 0.6) is 0 Å². The minimum atomic E-state index is -5.08. The summed E-state index contributed by atoms with van der Waals surface area (Å²) in [5.74, 6) is -2.54. The molecule has 11 heteroatoms. The smallest absolute Gasteiger partial charge is 0.475 e. The third-order valence-corrected chi connectivity index (χ3v) is 5.36. The predicted molar refractivity (Wildman–Crippen MR) is 65.2 cm³/mol. The summed E-state index contributed by atoms with van der Waals surface area (Å²) in [5.41, 5.74) is 0. The molecule has 0 saturated carbocycles. The quantitative estimate of drug-likeness (QED) is 0.791. The minimum absolute atomic E-state index is 0.219. The number of halogens is 3. The molecular formula is C9H11F3N2O4S2. The molecule has 1 atom stereocenters. The van der Waals surface area contributed by atoms with Crippen molar-refractivity contribution < 1.29 is 31.5 Å². The lowest BCUT2D eigenvalue weighted by Gasteiger charge is -2.21. The van der Waals surface area contributed by atoms with Crippen molar-refractivity contribution in [3.8, 4) is 0 Å². The summed E-state index contributed by atoms with van der Waals surface area (Å²) in [5, 5.41) is 12.3. The number of rotatable bonds is 1. The van der Waals surface area contributed by atoms with Gasteiger partial charge in [0.1, 0.15) is 10.3 Å². The van der Waals surface area contributed by atoms with E-state index in [2.05, 4.69) is 10.3 Å². The van der Waals surface area contributed by atoms with Crippen LogP contribution in [0.3, 0.4) is 0 Å². The highest BCUT2D eigenvalue weighted by Gasteiger charge is 2.38. The van der Waals surface area contributed by atoms with Gasteiger partial charge in [0.05, 0.1) is 5.75 Å². The van der Waals surface area contributed by atoms with Gasteiger partial charge in [0, 0.05) is 24.7 Å². The van der Waals surface area contributed by atoms with Crippen molar-refractivity contribution in [2.75, 3.05) is 18.8 Å². The molecule has 0 aromatic carbocycles. The molecule has 2 rings (SSSR count). The molecule has 6 nitrogen and oxygen atoms in total. The van der Waals surface area contributed by atoms with E-state index in [9.17, 15) is 21.6 Å². The van der Waals surface area contributed by atoms with Crippen molar-refractivity contribution in [3.05, 3.63) is 16.6 Å².